The van der Waals surface area contributed by atoms with Gasteiger partial charge in [-0.05, 0) is 30.4 Å². The summed E-state index contributed by atoms with van der Waals surface area (Å²) in [6.45, 7) is 4.73. The van der Waals surface area contributed by atoms with Crippen molar-refractivity contribution in [3.8, 4) is 0 Å². The first-order valence-electron chi connectivity index (χ1n) is 6.40. The number of benzene rings is 1. The molecule has 1 aromatic carbocycles. The molecule has 0 unspecified atom stereocenters. The molecule has 1 aromatic rings. The predicted molar refractivity (Wildman–Crippen MR) is 83.3 cm³/mol. The number of nitrogens with one attached hydrogen (secondary N) is 1. The Kier molecular flexibility index (Phi) is 6.11. The Morgan fingerprint density at radius 2 is 2.05 bits per heavy atom. The molecule has 0 spiro atoms. The molecule has 4 N–H and O–H groups in total. The molecule has 0 saturated heterocycles. The first-order chi connectivity index (χ1) is 9.26. The lowest BCUT2D eigenvalue weighted by molar-refractivity contribution is 0.0933. The quantitative estimate of drug-likeness (QED) is 0.705. The van der Waals surface area contributed by atoms with Crippen LogP contribution in [0.2, 0.25) is 10.0 Å². The summed E-state index contributed by atoms with van der Waals surface area (Å²) >= 11 is 11.8. The van der Waals surface area contributed by atoms with E-state index in [-0.39, 0.29) is 33.7 Å². The molecule has 0 radical (unpaired) electrons. The van der Waals surface area contributed by atoms with Gasteiger partial charge in [0.05, 0.1) is 15.7 Å². The molecule has 20 heavy (non-hydrogen) atoms. The molecule has 1 amide bonds. The number of nitrogen functional groups attached to an aromatic ring is 1. The SMILES string of the molecule is CC(C)(CCCO)CNC(=O)c1cc(N)c(Cl)c(Cl)c1. The highest BCUT2D eigenvalue weighted by Crippen LogP contribution is 2.29. The number of rotatable bonds is 6. The Morgan fingerprint density at radius 3 is 2.60 bits per heavy atom. The molecule has 0 aliphatic rings. The molecule has 6 heteroatoms. The van der Waals surface area contributed by atoms with E-state index in [1.54, 1.807) is 0 Å². The number of hydrogen-bond acceptors (Lipinski definition) is 3. The standard InChI is InChI=1S/C14H20Cl2N2O2/c1-14(2,4-3-5-19)8-18-13(20)9-6-10(15)12(16)11(17)7-9/h6-7,19H,3-5,8,17H2,1-2H3,(H,18,20). The molecule has 0 saturated carbocycles. The second-order valence-electron chi connectivity index (χ2n) is 5.54. The predicted octanol–water partition coefficient (Wildman–Crippen LogP) is 3.10. The van der Waals surface area contributed by atoms with Gasteiger partial charge in [-0.25, -0.2) is 0 Å². The second kappa shape index (κ2) is 7.16. The van der Waals surface area contributed by atoms with Gasteiger partial charge in [0.1, 0.15) is 0 Å². The van der Waals surface area contributed by atoms with E-state index in [9.17, 15) is 4.79 Å². The summed E-state index contributed by atoms with van der Waals surface area (Å²) in [5, 5.41) is 12.2. The van der Waals surface area contributed by atoms with E-state index < -0.39 is 0 Å². The molecular weight excluding hydrogens is 299 g/mol. The van der Waals surface area contributed by atoms with E-state index in [4.69, 9.17) is 34.0 Å². The first kappa shape index (κ1) is 17.1. The molecule has 1 rings (SSSR count). The largest absolute Gasteiger partial charge is 0.397 e. The lowest BCUT2D eigenvalue weighted by Crippen LogP contribution is -2.34. The van der Waals surface area contributed by atoms with Crippen LogP contribution < -0.4 is 11.1 Å². The summed E-state index contributed by atoms with van der Waals surface area (Å²) in [5.41, 5.74) is 6.27. The molecule has 4 nitrogen and oxygen atoms in total. The molecule has 0 aromatic heterocycles. The fourth-order valence-corrected chi connectivity index (χ4v) is 2.14. The van der Waals surface area contributed by atoms with Gasteiger partial charge in [-0.3, -0.25) is 4.79 Å². The van der Waals surface area contributed by atoms with Crippen molar-refractivity contribution in [1.29, 1.82) is 0 Å². The van der Waals surface area contributed by atoms with E-state index >= 15 is 0 Å². The maximum Gasteiger partial charge on any atom is 0.251 e. The third kappa shape index (κ3) is 4.85. The highest BCUT2D eigenvalue weighted by atomic mass is 35.5. The number of carbonyl (C=O) groups is 1. The lowest BCUT2D eigenvalue weighted by Gasteiger charge is -2.24. The van der Waals surface area contributed by atoms with Crippen LogP contribution in [0, 0.1) is 5.41 Å². The topological polar surface area (TPSA) is 75.3 Å². The van der Waals surface area contributed by atoms with Gasteiger partial charge in [0.15, 0.2) is 0 Å². The van der Waals surface area contributed by atoms with Crippen molar-refractivity contribution in [2.24, 2.45) is 5.41 Å². The molecule has 0 aliphatic heterocycles. The second-order valence-corrected chi connectivity index (χ2v) is 6.32. The number of anilines is 1. The van der Waals surface area contributed by atoms with Crippen molar-refractivity contribution in [2.75, 3.05) is 18.9 Å². The minimum atomic E-state index is -0.243. The van der Waals surface area contributed by atoms with Gasteiger partial charge >= 0.3 is 0 Å². The first-order valence-corrected chi connectivity index (χ1v) is 7.16. The average Bonchev–Trinajstić information content (AvgIpc) is 2.39. The van der Waals surface area contributed by atoms with Gasteiger partial charge in [-0.15, -0.1) is 0 Å². The maximum absolute atomic E-state index is 12.1. The highest BCUT2D eigenvalue weighted by molar-refractivity contribution is 6.43. The van der Waals surface area contributed by atoms with Crippen LogP contribution in [0.4, 0.5) is 5.69 Å². The number of halogens is 2. The zero-order valence-electron chi connectivity index (χ0n) is 11.7. The van der Waals surface area contributed by atoms with Gasteiger partial charge in [-0.1, -0.05) is 37.0 Å². The number of amides is 1. The lowest BCUT2D eigenvalue weighted by atomic mass is 9.88. The number of aliphatic hydroxyl groups is 1. The number of carbonyl (C=O) groups excluding carboxylic acids is 1. The van der Waals surface area contributed by atoms with Crippen LogP contribution in [0.1, 0.15) is 37.0 Å². The minimum absolute atomic E-state index is 0.0832. The summed E-state index contributed by atoms with van der Waals surface area (Å²) in [6.07, 6.45) is 1.54. The van der Waals surface area contributed by atoms with Crippen LogP contribution in [0.3, 0.4) is 0 Å². The Hall–Kier alpha value is -0.970. The Morgan fingerprint density at radius 1 is 1.40 bits per heavy atom. The fraction of sp³-hybridized carbons (Fsp3) is 0.500. The maximum atomic E-state index is 12.1. The summed E-state index contributed by atoms with van der Waals surface area (Å²) in [5.74, 6) is -0.243. The van der Waals surface area contributed by atoms with Crippen LogP contribution in [-0.4, -0.2) is 24.2 Å². The van der Waals surface area contributed by atoms with Crippen LogP contribution in [0.15, 0.2) is 12.1 Å². The van der Waals surface area contributed by atoms with E-state index in [2.05, 4.69) is 5.32 Å². The summed E-state index contributed by atoms with van der Waals surface area (Å²) < 4.78 is 0. The summed E-state index contributed by atoms with van der Waals surface area (Å²) in [7, 11) is 0. The van der Waals surface area contributed by atoms with Crippen molar-refractivity contribution >= 4 is 34.8 Å². The third-order valence-corrected chi connectivity index (χ3v) is 3.87. The van der Waals surface area contributed by atoms with E-state index in [0.717, 1.165) is 6.42 Å². The van der Waals surface area contributed by atoms with Gasteiger partial charge in [0, 0.05) is 18.7 Å². The number of aliphatic hydroxyl groups excluding tert-OH is 1. The highest BCUT2D eigenvalue weighted by Gasteiger charge is 2.19. The molecule has 0 aliphatic carbocycles. The zero-order chi connectivity index (χ0) is 15.3. The molecular formula is C14H20Cl2N2O2. The van der Waals surface area contributed by atoms with E-state index in [1.165, 1.54) is 12.1 Å². The third-order valence-electron chi connectivity index (χ3n) is 3.06. The zero-order valence-corrected chi connectivity index (χ0v) is 13.2. The van der Waals surface area contributed by atoms with Gasteiger partial charge in [0.25, 0.3) is 5.91 Å². The summed E-state index contributed by atoms with van der Waals surface area (Å²) in [6, 6.07) is 3.00. The van der Waals surface area contributed by atoms with Crippen molar-refractivity contribution < 1.29 is 9.90 Å². The molecule has 0 heterocycles. The van der Waals surface area contributed by atoms with Crippen LogP contribution in [-0.2, 0) is 0 Å². The van der Waals surface area contributed by atoms with Gasteiger partial charge < -0.3 is 16.2 Å². The number of hydrogen-bond donors (Lipinski definition) is 3. The van der Waals surface area contributed by atoms with Gasteiger partial charge in [0.2, 0.25) is 0 Å². The van der Waals surface area contributed by atoms with Crippen LogP contribution >= 0.6 is 23.2 Å². The van der Waals surface area contributed by atoms with Crippen molar-refractivity contribution in [3.05, 3.63) is 27.7 Å². The number of nitrogens with two attached hydrogens (primary N) is 1. The molecule has 0 fully saturated rings. The van der Waals surface area contributed by atoms with Crippen molar-refractivity contribution in [1.82, 2.24) is 5.32 Å². The van der Waals surface area contributed by atoms with Gasteiger partial charge in [-0.2, -0.15) is 0 Å². The van der Waals surface area contributed by atoms with Crippen molar-refractivity contribution in [2.45, 2.75) is 26.7 Å². The molecule has 112 valence electrons. The van der Waals surface area contributed by atoms with E-state index in [0.29, 0.717) is 18.5 Å². The summed E-state index contributed by atoms with van der Waals surface area (Å²) in [4.78, 5) is 12.1. The molecule has 0 atom stereocenters. The fourth-order valence-electron chi connectivity index (χ4n) is 1.81. The van der Waals surface area contributed by atoms with E-state index in [1.807, 2.05) is 13.8 Å². The normalized spacial score (nSPS) is 11.4. The monoisotopic (exact) mass is 318 g/mol. The Bertz CT molecular complexity index is 467. The van der Waals surface area contributed by atoms with Crippen LogP contribution in [0.5, 0.6) is 0 Å². The van der Waals surface area contributed by atoms with Crippen LogP contribution in [0.25, 0.3) is 0 Å². The smallest absolute Gasteiger partial charge is 0.251 e. The van der Waals surface area contributed by atoms with Crippen molar-refractivity contribution in [3.63, 3.8) is 0 Å². The minimum Gasteiger partial charge on any atom is -0.397 e. The average molecular weight is 319 g/mol. The Labute approximate surface area is 129 Å². The Balaban J connectivity index is 2.68. The molecule has 0 bridgehead atoms.